The maximum absolute atomic E-state index is 14.0. The number of hydrogen-bond donors (Lipinski definition) is 0. The first-order valence-electron chi connectivity index (χ1n) is 7.83. The molecule has 0 fully saturated rings. The highest BCUT2D eigenvalue weighted by Gasteiger charge is 2.12. The molecule has 0 aliphatic heterocycles. The monoisotopic (exact) mass is 394 g/mol. The SMILES string of the molecule is Cc1cc(/C=C(/C#N)c2ccccc2F)c(C)n1-c1cccc(Br)c1. The fourth-order valence-corrected chi connectivity index (χ4v) is 3.34. The molecule has 1 aromatic heterocycles. The zero-order valence-corrected chi connectivity index (χ0v) is 15.5. The molecule has 1 heterocycles. The molecule has 0 N–H and O–H groups in total. The lowest BCUT2D eigenvalue weighted by atomic mass is 10.0. The summed E-state index contributed by atoms with van der Waals surface area (Å²) in [6, 6.07) is 18.5. The zero-order chi connectivity index (χ0) is 18.0. The number of rotatable bonds is 3. The Hall–Kier alpha value is -2.64. The third-order valence-corrected chi connectivity index (χ3v) is 4.61. The van der Waals surface area contributed by atoms with Crippen LogP contribution in [0, 0.1) is 31.0 Å². The maximum Gasteiger partial charge on any atom is 0.131 e. The van der Waals surface area contributed by atoms with E-state index in [2.05, 4.69) is 26.6 Å². The van der Waals surface area contributed by atoms with Gasteiger partial charge >= 0.3 is 0 Å². The molecule has 3 aromatic rings. The molecule has 0 radical (unpaired) electrons. The van der Waals surface area contributed by atoms with E-state index in [1.54, 1.807) is 24.3 Å². The van der Waals surface area contributed by atoms with Gasteiger partial charge in [0.15, 0.2) is 0 Å². The number of halogens is 2. The van der Waals surface area contributed by atoms with Gasteiger partial charge in [0.05, 0.1) is 11.6 Å². The molecule has 0 bridgehead atoms. The van der Waals surface area contributed by atoms with Gasteiger partial charge in [0, 0.05) is 27.1 Å². The largest absolute Gasteiger partial charge is 0.318 e. The Labute approximate surface area is 155 Å². The average Bonchev–Trinajstić information content (AvgIpc) is 2.87. The second kappa shape index (κ2) is 7.08. The lowest BCUT2D eigenvalue weighted by Crippen LogP contribution is -1.98. The molecule has 0 saturated heterocycles. The van der Waals surface area contributed by atoms with Crippen molar-refractivity contribution in [2.75, 3.05) is 0 Å². The van der Waals surface area contributed by atoms with E-state index in [0.29, 0.717) is 11.1 Å². The smallest absolute Gasteiger partial charge is 0.131 e. The van der Waals surface area contributed by atoms with E-state index in [0.717, 1.165) is 27.1 Å². The molecule has 0 unspecified atom stereocenters. The summed E-state index contributed by atoms with van der Waals surface area (Å²) in [6.07, 6.45) is 1.75. The normalized spacial score (nSPS) is 11.4. The molecule has 0 spiro atoms. The number of allylic oxidation sites excluding steroid dienone is 1. The Bertz CT molecular complexity index is 1010. The van der Waals surface area contributed by atoms with Crippen LogP contribution in [-0.4, -0.2) is 4.57 Å². The Morgan fingerprint density at radius 1 is 1.12 bits per heavy atom. The van der Waals surface area contributed by atoms with E-state index in [4.69, 9.17) is 0 Å². The Morgan fingerprint density at radius 2 is 1.88 bits per heavy atom. The van der Waals surface area contributed by atoms with Crippen molar-refractivity contribution >= 4 is 27.6 Å². The number of nitriles is 1. The number of aryl methyl sites for hydroxylation is 1. The van der Waals surface area contributed by atoms with Gasteiger partial charge in [-0.3, -0.25) is 0 Å². The van der Waals surface area contributed by atoms with Gasteiger partial charge in [-0.25, -0.2) is 4.39 Å². The van der Waals surface area contributed by atoms with E-state index in [1.807, 2.05) is 44.2 Å². The predicted octanol–water partition coefficient (Wildman–Crippen LogP) is 6.06. The summed E-state index contributed by atoms with van der Waals surface area (Å²) >= 11 is 3.50. The van der Waals surface area contributed by atoms with Gasteiger partial charge in [-0.1, -0.05) is 40.2 Å². The van der Waals surface area contributed by atoms with E-state index in [-0.39, 0.29) is 0 Å². The summed E-state index contributed by atoms with van der Waals surface area (Å²) in [5, 5.41) is 9.49. The van der Waals surface area contributed by atoms with E-state index >= 15 is 0 Å². The molecule has 0 aliphatic carbocycles. The third-order valence-electron chi connectivity index (χ3n) is 4.12. The number of hydrogen-bond acceptors (Lipinski definition) is 1. The lowest BCUT2D eigenvalue weighted by molar-refractivity contribution is 0.624. The number of benzene rings is 2. The minimum atomic E-state index is -0.393. The van der Waals surface area contributed by atoms with Crippen LogP contribution in [0.5, 0.6) is 0 Å². The Balaban J connectivity index is 2.12. The quantitative estimate of drug-likeness (QED) is 0.496. The van der Waals surface area contributed by atoms with E-state index in [1.165, 1.54) is 6.07 Å². The highest BCUT2D eigenvalue weighted by molar-refractivity contribution is 9.10. The summed E-state index contributed by atoms with van der Waals surface area (Å²) in [7, 11) is 0. The number of nitrogens with zero attached hydrogens (tertiary/aromatic N) is 2. The topological polar surface area (TPSA) is 28.7 Å². The van der Waals surface area contributed by atoms with Gasteiger partial charge in [-0.05, 0) is 55.8 Å². The standard InChI is InChI=1S/C21H16BrFN2/c1-14-10-16(11-17(13-24)20-8-3-4-9-21(20)23)15(2)25(14)19-7-5-6-18(22)12-19/h3-12H,1-2H3/b17-11-. The van der Waals surface area contributed by atoms with E-state index in [9.17, 15) is 9.65 Å². The zero-order valence-electron chi connectivity index (χ0n) is 13.9. The molecule has 3 rings (SSSR count). The lowest BCUT2D eigenvalue weighted by Gasteiger charge is -2.10. The van der Waals surface area contributed by atoms with Gasteiger partial charge in [-0.2, -0.15) is 5.26 Å². The molecular weight excluding hydrogens is 379 g/mol. The maximum atomic E-state index is 14.0. The highest BCUT2D eigenvalue weighted by Crippen LogP contribution is 2.27. The highest BCUT2D eigenvalue weighted by atomic mass is 79.9. The van der Waals surface area contributed by atoms with Gasteiger partial charge in [0.2, 0.25) is 0 Å². The summed E-state index contributed by atoms with van der Waals surface area (Å²) in [5.41, 5.74) is 4.61. The third kappa shape index (κ3) is 3.42. The van der Waals surface area contributed by atoms with Crippen LogP contribution in [0.2, 0.25) is 0 Å². The fourth-order valence-electron chi connectivity index (χ4n) is 2.95. The summed E-state index contributed by atoms with van der Waals surface area (Å²) in [5.74, 6) is -0.393. The van der Waals surface area contributed by atoms with Crippen LogP contribution >= 0.6 is 15.9 Å². The van der Waals surface area contributed by atoms with Crippen LogP contribution in [0.3, 0.4) is 0 Å². The van der Waals surface area contributed by atoms with Crippen LogP contribution in [0.4, 0.5) is 4.39 Å². The van der Waals surface area contributed by atoms with Crippen molar-refractivity contribution < 1.29 is 4.39 Å². The molecule has 2 nitrogen and oxygen atoms in total. The molecule has 4 heteroatoms. The van der Waals surface area contributed by atoms with Crippen LogP contribution < -0.4 is 0 Å². The molecule has 2 aromatic carbocycles. The van der Waals surface area contributed by atoms with Crippen molar-refractivity contribution in [3.05, 3.63) is 87.4 Å². The predicted molar refractivity (Wildman–Crippen MR) is 103 cm³/mol. The molecule has 0 atom stereocenters. The molecule has 0 aliphatic rings. The van der Waals surface area contributed by atoms with Gasteiger partial charge in [0.25, 0.3) is 0 Å². The van der Waals surface area contributed by atoms with Crippen molar-refractivity contribution in [1.29, 1.82) is 5.26 Å². The second-order valence-corrected chi connectivity index (χ2v) is 6.71. The Kier molecular flexibility index (Phi) is 4.87. The summed E-state index contributed by atoms with van der Waals surface area (Å²) in [4.78, 5) is 0. The average molecular weight is 395 g/mol. The summed E-state index contributed by atoms with van der Waals surface area (Å²) in [6.45, 7) is 4.01. The first kappa shape index (κ1) is 17.2. The first-order chi connectivity index (χ1) is 12.0. The minimum absolute atomic E-state index is 0.313. The van der Waals surface area contributed by atoms with Crippen molar-refractivity contribution in [2.24, 2.45) is 0 Å². The van der Waals surface area contributed by atoms with Crippen LogP contribution in [0.1, 0.15) is 22.5 Å². The van der Waals surface area contributed by atoms with Crippen molar-refractivity contribution in [3.8, 4) is 11.8 Å². The van der Waals surface area contributed by atoms with Gasteiger partial charge < -0.3 is 4.57 Å². The number of aromatic nitrogens is 1. The Morgan fingerprint density at radius 3 is 2.56 bits per heavy atom. The first-order valence-corrected chi connectivity index (χ1v) is 8.62. The summed E-state index contributed by atoms with van der Waals surface area (Å²) < 4.78 is 17.1. The van der Waals surface area contributed by atoms with Crippen LogP contribution in [-0.2, 0) is 0 Å². The van der Waals surface area contributed by atoms with Crippen LogP contribution in [0.25, 0.3) is 17.3 Å². The van der Waals surface area contributed by atoms with Crippen molar-refractivity contribution in [2.45, 2.75) is 13.8 Å². The molecule has 0 saturated carbocycles. The molecular formula is C21H16BrFN2. The molecule has 25 heavy (non-hydrogen) atoms. The van der Waals surface area contributed by atoms with Gasteiger partial charge in [-0.15, -0.1) is 0 Å². The van der Waals surface area contributed by atoms with Gasteiger partial charge in [0.1, 0.15) is 5.82 Å². The minimum Gasteiger partial charge on any atom is -0.318 e. The molecule has 0 amide bonds. The van der Waals surface area contributed by atoms with E-state index < -0.39 is 5.82 Å². The second-order valence-electron chi connectivity index (χ2n) is 5.79. The fraction of sp³-hybridized carbons (Fsp3) is 0.0952. The molecule has 124 valence electrons. The van der Waals surface area contributed by atoms with Crippen LogP contribution in [0.15, 0.2) is 59.1 Å². The van der Waals surface area contributed by atoms with Crippen molar-refractivity contribution in [1.82, 2.24) is 4.57 Å². The van der Waals surface area contributed by atoms with Crippen molar-refractivity contribution in [3.63, 3.8) is 0 Å².